The minimum absolute atomic E-state index is 0.446. The fraction of sp³-hybridized carbons (Fsp3) is 0.667. The van der Waals surface area contributed by atoms with Gasteiger partial charge in [0.05, 0.1) is 5.60 Å². The van der Waals surface area contributed by atoms with Crippen molar-refractivity contribution in [2.24, 2.45) is 0 Å². The first kappa shape index (κ1) is 11.1. The molecular weight excluding hydrogens is 206 g/mol. The summed E-state index contributed by atoms with van der Waals surface area (Å²) in [7, 11) is 2.01. The maximum Gasteiger partial charge on any atom is 0.0697 e. The summed E-state index contributed by atoms with van der Waals surface area (Å²) in [6, 6.07) is 4.78. The highest BCUT2D eigenvalue weighted by Crippen LogP contribution is 2.32. The van der Waals surface area contributed by atoms with Crippen molar-refractivity contribution in [2.75, 3.05) is 7.05 Å². The third-order valence-corrected chi connectivity index (χ3v) is 4.28. The summed E-state index contributed by atoms with van der Waals surface area (Å²) >= 11 is 1.75. The van der Waals surface area contributed by atoms with Gasteiger partial charge in [-0.25, -0.2) is 0 Å². The summed E-state index contributed by atoms with van der Waals surface area (Å²) in [4.78, 5) is 1.31. The summed E-state index contributed by atoms with van der Waals surface area (Å²) < 4.78 is 0. The Balaban J connectivity index is 1.92. The molecule has 0 radical (unpaired) electrons. The van der Waals surface area contributed by atoms with Gasteiger partial charge < -0.3 is 10.4 Å². The van der Waals surface area contributed by atoms with Gasteiger partial charge in [-0.3, -0.25) is 0 Å². The average Bonchev–Trinajstić information content (AvgIpc) is 2.71. The number of thiophene rings is 1. The largest absolute Gasteiger partial charge is 0.390 e. The Morgan fingerprint density at radius 3 is 2.80 bits per heavy atom. The van der Waals surface area contributed by atoms with Gasteiger partial charge >= 0.3 is 0 Å². The molecule has 1 heterocycles. The Bertz CT molecular complexity index is 289. The van der Waals surface area contributed by atoms with Crippen LogP contribution < -0.4 is 5.32 Å². The smallest absolute Gasteiger partial charge is 0.0697 e. The van der Waals surface area contributed by atoms with Gasteiger partial charge in [0.2, 0.25) is 0 Å². The standard InChI is InChI=1S/C12H19NOS/c1-13-10-4-6-12(14,7-5-10)9-11-3-2-8-15-11/h2-3,8,10,13-14H,4-7,9H2,1H3. The van der Waals surface area contributed by atoms with Gasteiger partial charge in [-0.1, -0.05) is 6.07 Å². The molecule has 0 saturated heterocycles. The summed E-state index contributed by atoms with van der Waals surface area (Å²) in [5, 5.41) is 15.8. The summed E-state index contributed by atoms with van der Waals surface area (Å²) in [5.74, 6) is 0. The van der Waals surface area contributed by atoms with Crippen LogP contribution in [0.5, 0.6) is 0 Å². The van der Waals surface area contributed by atoms with Crippen molar-refractivity contribution in [3.05, 3.63) is 22.4 Å². The van der Waals surface area contributed by atoms with Gasteiger partial charge in [-0.15, -0.1) is 11.3 Å². The minimum atomic E-state index is -0.446. The molecule has 0 spiro atoms. The highest BCUT2D eigenvalue weighted by atomic mass is 32.1. The van der Waals surface area contributed by atoms with E-state index in [0.717, 1.165) is 32.1 Å². The van der Waals surface area contributed by atoms with Gasteiger partial charge in [0, 0.05) is 17.3 Å². The zero-order valence-electron chi connectivity index (χ0n) is 9.20. The van der Waals surface area contributed by atoms with Crippen molar-refractivity contribution < 1.29 is 5.11 Å². The maximum atomic E-state index is 10.4. The topological polar surface area (TPSA) is 32.3 Å². The van der Waals surface area contributed by atoms with Crippen molar-refractivity contribution in [3.8, 4) is 0 Å². The molecule has 2 N–H and O–H groups in total. The molecule has 0 aliphatic heterocycles. The Morgan fingerprint density at radius 2 is 2.27 bits per heavy atom. The summed E-state index contributed by atoms with van der Waals surface area (Å²) in [6.07, 6.45) is 4.88. The predicted molar refractivity (Wildman–Crippen MR) is 64.3 cm³/mol. The Morgan fingerprint density at radius 1 is 1.53 bits per heavy atom. The van der Waals surface area contributed by atoms with Gasteiger partial charge in [0.25, 0.3) is 0 Å². The molecule has 2 nitrogen and oxygen atoms in total. The molecule has 0 atom stereocenters. The van der Waals surface area contributed by atoms with Crippen LogP contribution >= 0.6 is 11.3 Å². The molecule has 1 aliphatic rings. The second-order valence-electron chi connectivity index (χ2n) is 4.54. The molecule has 1 saturated carbocycles. The molecular formula is C12H19NOS. The van der Waals surface area contributed by atoms with E-state index >= 15 is 0 Å². The lowest BCUT2D eigenvalue weighted by Gasteiger charge is -2.35. The van der Waals surface area contributed by atoms with E-state index in [4.69, 9.17) is 0 Å². The van der Waals surface area contributed by atoms with Crippen LogP contribution in [0.15, 0.2) is 17.5 Å². The third kappa shape index (κ3) is 2.80. The number of hydrogen-bond acceptors (Lipinski definition) is 3. The van der Waals surface area contributed by atoms with Gasteiger partial charge in [0.15, 0.2) is 0 Å². The van der Waals surface area contributed by atoms with Crippen LogP contribution in [0.3, 0.4) is 0 Å². The van der Waals surface area contributed by atoms with Crippen molar-refractivity contribution in [1.82, 2.24) is 5.32 Å². The van der Waals surface area contributed by atoms with Gasteiger partial charge in [-0.05, 0) is 44.2 Å². The summed E-state index contributed by atoms with van der Waals surface area (Å²) in [5.41, 5.74) is -0.446. The molecule has 0 unspecified atom stereocenters. The first-order valence-corrected chi connectivity index (χ1v) is 6.52. The molecule has 1 aromatic heterocycles. The van der Waals surface area contributed by atoms with E-state index in [0.29, 0.717) is 6.04 Å². The van der Waals surface area contributed by atoms with E-state index < -0.39 is 5.60 Å². The normalized spacial score (nSPS) is 31.7. The highest BCUT2D eigenvalue weighted by Gasteiger charge is 2.32. The minimum Gasteiger partial charge on any atom is -0.390 e. The predicted octanol–water partition coefficient (Wildman–Crippen LogP) is 2.18. The molecule has 84 valence electrons. The fourth-order valence-electron chi connectivity index (χ4n) is 2.36. The Hall–Kier alpha value is -0.380. The molecule has 15 heavy (non-hydrogen) atoms. The quantitative estimate of drug-likeness (QED) is 0.826. The molecule has 1 fully saturated rings. The molecule has 0 bridgehead atoms. The molecule has 0 aromatic carbocycles. The first-order valence-electron chi connectivity index (χ1n) is 5.64. The molecule has 1 aromatic rings. The van der Waals surface area contributed by atoms with E-state index in [2.05, 4.69) is 22.8 Å². The maximum absolute atomic E-state index is 10.4. The van der Waals surface area contributed by atoms with Crippen molar-refractivity contribution in [3.63, 3.8) is 0 Å². The van der Waals surface area contributed by atoms with Crippen LogP contribution in [-0.4, -0.2) is 23.8 Å². The van der Waals surface area contributed by atoms with E-state index in [-0.39, 0.29) is 0 Å². The Labute approximate surface area is 95.3 Å². The van der Waals surface area contributed by atoms with Gasteiger partial charge in [0.1, 0.15) is 0 Å². The van der Waals surface area contributed by atoms with E-state index in [9.17, 15) is 5.11 Å². The van der Waals surface area contributed by atoms with Crippen molar-refractivity contribution in [1.29, 1.82) is 0 Å². The van der Waals surface area contributed by atoms with Crippen LogP contribution in [0, 0.1) is 0 Å². The van der Waals surface area contributed by atoms with Crippen LogP contribution in [0.25, 0.3) is 0 Å². The SMILES string of the molecule is CNC1CCC(O)(Cc2cccs2)CC1. The molecule has 2 rings (SSSR count). The highest BCUT2D eigenvalue weighted by molar-refractivity contribution is 7.09. The van der Waals surface area contributed by atoms with E-state index in [1.165, 1.54) is 4.88 Å². The second kappa shape index (κ2) is 4.64. The first-order chi connectivity index (χ1) is 7.22. The molecule has 0 amide bonds. The lowest BCUT2D eigenvalue weighted by Crippen LogP contribution is -2.41. The molecule has 1 aliphatic carbocycles. The van der Waals surface area contributed by atoms with Crippen LogP contribution in [0.2, 0.25) is 0 Å². The fourth-order valence-corrected chi connectivity index (χ4v) is 3.20. The van der Waals surface area contributed by atoms with E-state index in [1.807, 2.05) is 7.05 Å². The number of hydrogen-bond donors (Lipinski definition) is 2. The second-order valence-corrected chi connectivity index (χ2v) is 5.58. The zero-order valence-corrected chi connectivity index (χ0v) is 10.0. The van der Waals surface area contributed by atoms with Gasteiger partial charge in [-0.2, -0.15) is 0 Å². The zero-order chi connectivity index (χ0) is 10.7. The number of aliphatic hydroxyl groups is 1. The van der Waals surface area contributed by atoms with Crippen molar-refractivity contribution in [2.45, 2.75) is 43.7 Å². The number of nitrogens with one attached hydrogen (secondary N) is 1. The lowest BCUT2D eigenvalue weighted by atomic mass is 9.80. The molecule has 3 heteroatoms. The Kier molecular flexibility index (Phi) is 3.44. The van der Waals surface area contributed by atoms with Crippen LogP contribution in [-0.2, 0) is 6.42 Å². The average molecular weight is 225 g/mol. The van der Waals surface area contributed by atoms with Crippen LogP contribution in [0.4, 0.5) is 0 Å². The van der Waals surface area contributed by atoms with E-state index in [1.54, 1.807) is 11.3 Å². The monoisotopic (exact) mass is 225 g/mol. The number of rotatable bonds is 3. The lowest BCUT2D eigenvalue weighted by molar-refractivity contribution is -0.00175. The van der Waals surface area contributed by atoms with Crippen molar-refractivity contribution >= 4 is 11.3 Å². The van der Waals surface area contributed by atoms with Crippen LogP contribution in [0.1, 0.15) is 30.6 Å². The summed E-state index contributed by atoms with van der Waals surface area (Å²) in [6.45, 7) is 0. The third-order valence-electron chi connectivity index (χ3n) is 3.41.